The van der Waals surface area contributed by atoms with Crippen molar-refractivity contribution in [3.8, 4) is 23.0 Å². The number of nitrogens with zero attached hydrogens (tertiary/aromatic N) is 5. The summed E-state index contributed by atoms with van der Waals surface area (Å²) in [5.74, 6) is 0.0251. The minimum atomic E-state index is -3.78. The zero-order valence-corrected chi connectivity index (χ0v) is 19.4. The third kappa shape index (κ3) is 3.73. The van der Waals surface area contributed by atoms with Crippen molar-refractivity contribution < 1.29 is 17.2 Å². The van der Waals surface area contributed by atoms with Crippen molar-refractivity contribution in [2.75, 3.05) is 6.54 Å². The Labute approximate surface area is 194 Å². The maximum Gasteiger partial charge on any atom is 0.268 e. The maximum absolute atomic E-state index is 13.4. The van der Waals surface area contributed by atoms with Gasteiger partial charge in [-0.25, -0.2) is 12.8 Å². The van der Waals surface area contributed by atoms with E-state index in [-0.39, 0.29) is 29.0 Å². The van der Waals surface area contributed by atoms with Gasteiger partial charge in [-0.1, -0.05) is 17.7 Å². The van der Waals surface area contributed by atoms with E-state index >= 15 is 0 Å². The van der Waals surface area contributed by atoms with E-state index in [0.717, 1.165) is 5.69 Å². The number of benzene rings is 2. The molecule has 170 valence electrons. The molecule has 1 aliphatic rings. The first kappa shape index (κ1) is 21.7. The predicted octanol–water partition coefficient (Wildman–Crippen LogP) is 3.99. The standard InChI is InChI=1S/C22H19ClFN5O3S/c1-13-17(23)4-3-5-19(13)33(30,31)29-11-10-18-16(12-29)20(27-28(18)2)22-26-25-21(32-22)14-6-8-15(24)9-7-14/h3-9H,10-12H2,1-2H3. The molecule has 0 amide bonds. The Balaban J connectivity index is 1.51. The molecular formula is C22H19ClFN5O3S. The molecule has 2 aromatic heterocycles. The molecule has 0 atom stereocenters. The van der Waals surface area contributed by atoms with Crippen LogP contribution in [0.15, 0.2) is 51.8 Å². The van der Waals surface area contributed by atoms with Gasteiger partial charge in [0.05, 0.1) is 4.90 Å². The number of hydrogen-bond donors (Lipinski definition) is 0. The van der Waals surface area contributed by atoms with Gasteiger partial charge in [-0.05, 0) is 48.9 Å². The van der Waals surface area contributed by atoms with Crippen LogP contribution in [0.1, 0.15) is 16.8 Å². The molecule has 11 heteroatoms. The van der Waals surface area contributed by atoms with Crippen LogP contribution >= 0.6 is 11.6 Å². The van der Waals surface area contributed by atoms with Gasteiger partial charge in [-0.15, -0.1) is 10.2 Å². The van der Waals surface area contributed by atoms with Crippen LogP contribution in [-0.2, 0) is 30.0 Å². The first-order chi connectivity index (χ1) is 15.8. The van der Waals surface area contributed by atoms with Crippen LogP contribution in [0.25, 0.3) is 23.0 Å². The topological polar surface area (TPSA) is 94.1 Å². The summed E-state index contributed by atoms with van der Waals surface area (Å²) < 4.78 is 49.0. The van der Waals surface area contributed by atoms with Gasteiger partial charge < -0.3 is 4.42 Å². The number of aromatic nitrogens is 4. The molecule has 33 heavy (non-hydrogen) atoms. The zero-order valence-electron chi connectivity index (χ0n) is 17.8. The average Bonchev–Trinajstić information content (AvgIpc) is 3.41. The van der Waals surface area contributed by atoms with E-state index in [1.807, 2.05) is 0 Å². The Morgan fingerprint density at radius 3 is 2.58 bits per heavy atom. The molecule has 3 heterocycles. The van der Waals surface area contributed by atoms with Crippen LogP contribution in [0.3, 0.4) is 0 Å². The van der Waals surface area contributed by atoms with E-state index < -0.39 is 10.0 Å². The van der Waals surface area contributed by atoms with Crippen molar-refractivity contribution in [1.29, 1.82) is 0 Å². The Bertz CT molecular complexity index is 1460. The van der Waals surface area contributed by atoms with Crippen molar-refractivity contribution in [2.45, 2.75) is 24.8 Å². The molecule has 0 radical (unpaired) electrons. The van der Waals surface area contributed by atoms with E-state index in [1.165, 1.54) is 16.4 Å². The molecule has 0 saturated carbocycles. The van der Waals surface area contributed by atoms with Crippen molar-refractivity contribution >= 4 is 21.6 Å². The molecular weight excluding hydrogens is 469 g/mol. The lowest BCUT2D eigenvalue weighted by Crippen LogP contribution is -2.36. The lowest BCUT2D eigenvalue weighted by atomic mass is 10.1. The van der Waals surface area contributed by atoms with Crippen molar-refractivity contribution in [3.05, 3.63) is 70.1 Å². The van der Waals surface area contributed by atoms with Gasteiger partial charge in [0.25, 0.3) is 5.89 Å². The molecule has 1 aliphatic heterocycles. The fourth-order valence-electron chi connectivity index (χ4n) is 3.98. The Morgan fingerprint density at radius 1 is 1.09 bits per heavy atom. The molecule has 0 unspecified atom stereocenters. The largest absolute Gasteiger partial charge is 0.415 e. The molecule has 0 fully saturated rings. The molecule has 8 nitrogen and oxygen atoms in total. The quantitative estimate of drug-likeness (QED) is 0.432. The van der Waals surface area contributed by atoms with Crippen LogP contribution in [0.4, 0.5) is 4.39 Å². The Kier molecular flexibility index (Phi) is 5.31. The number of aryl methyl sites for hydroxylation is 1. The summed E-state index contributed by atoms with van der Waals surface area (Å²) in [4.78, 5) is 0.181. The average molecular weight is 488 g/mol. The zero-order chi connectivity index (χ0) is 23.3. The van der Waals surface area contributed by atoms with Gasteiger partial charge in [0, 0.05) is 48.4 Å². The first-order valence-corrected chi connectivity index (χ1v) is 12.0. The van der Waals surface area contributed by atoms with Crippen LogP contribution in [0.5, 0.6) is 0 Å². The highest BCUT2D eigenvalue weighted by atomic mass is 35.5. The van der Waals surface area contributed by atoms with Gasteiger partial charge in [0.2, 0.25) is 15.9 Å². The second kappa shape index (κ2) is 8.05. The van der Waals surface area contributed by atoms with Crippen LogP contribution in [0.2, 0.25) is 5.02 Å². The highest BCUT2D eigenvalue weighted by Gasteiger charge is 2.34. The molecule has 2 aromatic carbocycles. The third-order valence-corrected chi connectivity index (χ3v) is 8.16. The van der Waals surface area contributed by atoms with Crippen LogP contribution in [0, 0.1) is 12.7 Å². The smallest absolute Gasteiger partial charge is 0.268 e. The molecule has 5 rings (SSSR count). The molecule has 4 aromatic rings. The number of sulfonamides is 1. The van der Waals surface area contributed by atoms with Crippen molar-refractivity contribution in [2.24, 2.45) is 7.05 Å². The van der Waals surface area contributed by atoms with E-state index in [2.05, 4.69) is 15.3 Å². The Hall–Kier alpha value is -3.08. The second-order valence-electron chi connectivity index (χ2n) is 7.77. The van der Waals surface area contributed by atoms with Gasteiger partial charge in [-0.2, -0.15) is 9.40 Å². The minimum Gasteiger partial charge on any atom is -0.415 e. The molecule has 0 aliphatic carbocycles. The maximum atomic E-state index is 13.4. The van der Waals surface area contributed by atoms with E-state index in [9.17, 15) is 12.8 Å². The Morgan fingerprint density at radius 2 is 1.82 bits per heavy atom. The highest BCUT2D eigenvalue weighted by Crippen LogP contribution is 2.34. The normalized spacial score (nSPS) is 14.4. The van der Waals surface area contributed by atoms with Crippen molar-refractivity contribution in [3.63, 3.8) is 0 Å². The molecule has 0 N–H and O–H groups in total. The van der Waals surface area contributed by atoms with Crippen molar-refractivity contribution in [1.82, 2.24) is 24.3 Å². The molecule has 0 bridgehead atoms. The summed E-state index contributed by atoms with van der Waals surface area (Å²) in [5.41, 5.74) is 3.12. The summed E-state index contributed by atoms with van der Waals surface area (Å²) >= 11 is 6.17. The fraction of sp³-hybridized carbons (Fsp3) is 0.227. The number of hydrogen-bond acceptors (Lipinski definition) is 6. The number of halogens is 2. The first-order valence-electron chi connectivity index (χ1n) is 10.2. The summed E-state index contributed by atoms with van der Waals surface area (Å²) in [5, 5.41) is 13.1. The van der Waals surface area contributed by atoms with Crippen LogP contribution in [-0.4, -0.2) is 39.2 Å². The summed E-state index contributed by atoms with van der Waals surface area (Å²) in [6, 6.07) is 10.6. The second-order valence-corrected chi connectivity index (χ2v) is 10.1. The number of rotatable bonds is 4. The van der Waals surface area contributed by atoms with E-state index in [0.29, 0.717) is 40.4 Å². The van der Waals surface area contributed by atoms with Gasteiger partial charge in [0.15, 0.2) is 5.69 Å². The van der Waals surface area contributed by atoms with Gasteiger partial charge >= 0.3 is 0 Å². The lowest BCUT2D eigenvalue weighted by molar-refractivity contribution is 0.385. The fourth-order valence-corrected chi connectivity index (χ4v) is 5.87. The van der Waals surface area contributed by atoms with Gasteiger partial charge in [-0.3, -0.25) is 4.68 Å². The van der Waals surface area contributed by atoms with Crippen LogP contribution < -0.4 is 0 Å². The summed E-state index contributed by atoms with van der Waals surface area (Å²) in [7, 11) is -1.98. The van der Waals surface area contributed by atoms with Gasteiger partial charge in [0.1, 0.15) is 5.82 Å². The number of fused-ring (bicyclic) bond motifs is 1. The predicted molar refractivity (Wildman–Crippen MR) is 119 cm³/mol. The molecule has 0 saturated heterocycles. The minimum absolute atomic E-state index is 0.112. The summed E-state index contributed by atoms with van der Waals surface area (Å²) in [6.07, 6.45) is 0.483. The summed E-state index contributed by atoms with van der Waals surface area (Å²) in [6.45, 7) is 2.11. The lowest BCUT2D eigenvalue weighted by Gasteiger charge is -2.27. The monoisotopic (exact) mass is 487 g/mol. The van der Waals surface area contributed by atoms with E-state index in [1.54, 1.807) is 49.0 Å². The SMILES string of the molecule is Cc1c(Cl)cccc1S(=O)(=O)N1CCc2c(c(-c3nnc(-c4ccc(F)cc4)o3)nn2C)C1. The van der Waals surface area contributed by atoms with E-state index in [4.69, 9.17) is 16.0 Å². The molecule has 0 spiro atoms. The third-order valence-electron chi connectivity index (χ3n) is 5.76. The highest BCUT2D eigenvalue weighted by molar-refractivity contribution is 7.89.